The second kappa shape index (κ2) is 3.33. The molecule has 2 saturated heterocycles. The minimum absolute atomic E-state index is 0.00924. The largest absolute Gasteiger partial charge is 0.392 e. The molecule has 0 aromatic carbocycles. The normalized spacial score (nSPS) is 56.8. The summed E-state index contributed by atoms with van der Waals surface area (Å²) in [7, 11) is 0. The fraction of sp³-hybridized carbons (Fsp3) is 0.929. The topological polar surface area (TPSA) is 46.5 Å². The van der Waals surface area contributed by atoms with E-state index in [1.165, 1.54) is 19.3 Å². The number of Topliss-reactive ketones (excluding diaryl/α,β-unsaturated/α-hetero) is 1. The average Bonchev–Trinajstić information content (AvgIpc) is 2.90. The maximum atomic E-state index is 12.0. The highest BCUT2D eigenvalue weighted by Gasteiger charge is 2.59. The first-order valence-corrected chi connectivity index (χ1v) is 7.08. The molecular formula is C14H20O3. The molecule has 3 heteroatoms. The molecule has 1 spiro atoms. The lowest BCUT2D eigenvalue weighted by molar-refractivity contribution is -0.128. The Morgan fingerprint density at radius 2 is 2.18 bits per heavy atom. The first kappa shape index (κ1) is 10.5. The van der Waals surface area contributed by atoms with Crippen LogP contribution in [0.2, 0.25) is 0 Å². The number of rotatable bonds is 0. The lowest BCUT2D eigenvalue weighted by Gasteiger charge is -2.31. The lowest BCUT2D eigenvalue weighted by atomic mass is 9.75. The standard InChI is InChI=1S/C14H20O3/c15-10-7-11(16)13-9(10)6-8-2-1-4-14(8)5-3-12(13)17-14/h8-10,12-13,15H,1-7H2/t8-,9?,10-,12+,13?,14-/m0/s1. The van der Waals surface area contributed by atoms with Crippen molar-refractivity contribution in [3.63, 3.8) is 0 Å². The summed E-state index contributed by atoms with van der Waals surface area (Å²) >= 11 is 0. The van der Waals surface area contributed by atoms with Gasteiger partial charge in [0.15, 0.2) is 0 Å². The van der Waals surface area contributed by atoms with E-state index in [1.54, 1.807) is 0 Å². The van der Waals surface area contributed by atoms with Crippen LogP contribution in [0.25, 0.3) is 0 Å². The summed E-state index contributed by atoms with van der Waals surface area (Å²) in [5.41, 5.74) is 0.0923. The number of hydrogen-bond donors (Lipinski definition) is 1. The highest BCUT2D eigenvalue weighted by molar-refractivity contribution is 5.85. The first-order valence-electron chi connectivity index (χ1n) is 7.08. The molecule has 0 aromatic rings. The zero-order valence-corrected chi connectivity index (χ0v) is 10.1. The van der Waals surface area contributed by atoms with Crippen molar-refractivity contribution in [1.29, 1.82) is 0 Å². The molecule has 2 bridgehead atoms. The minimum atomic E-state index is -0.395. The summed E-state index contributed by atoms with van der Waals surface area (Å²) in [6.07, 6.45) is 6.97. The molecule has 4 rings (SSSR count). The highest BCUT2D eigenvalue weighted by Crippen LogP contribution is 2.57. The predicted octanol–water partition coefficient (Wildman–Crippen LogP) is 1.67. The van der Waals surface area contributed by atoms with Crippen LogP contribution in [-0.4, -0.2) is 28.7 Å². The zero-order chi connectivity index (χ0) is 11.6. The van der Waals surface area contributed by atoms with Crippen molar-refractivity contribution in [2.45, 2.75) is 62.8 Å². The van der Waals surface area contributed by atoms with E-state index in [-0.39, 0.29) is 29.3 Å². The van der Waals surface area contributed by atoms with Crippen molar-refractivity contribution >= 4 is 5.78 Å². The van der Waals surface area contributed by atoms with Gasteiger partial charge in [0.25, 0.3) is 0 Å². The van der Waals surface area contributed by atoms with Gasteiger partial charge in [-0.15, -0.1) is 0 Å². The Morgan fingerprint density at radius 1 is 1.29 bits per heavy atom. The fourth-order valence-corrected chi connectivity index (χ4v) is 5.08. The zero-order valence-electron chi connectivity index (χ0n) is 10.1. The van der Waals surface area contributed by atoms with Crippen molar-refractivity contribution in [3.05, 3.63) is 0 Å². The number of aliphatic hydroxyl groups is 1. The van der Waals surface area contributed by atoms with Gasteiger partial charge < -0.3 is 9.84 Å². The summed E-state index contributed by atoms with van der Waals surface area (Å²) in [6, 6.07) is 0. The van der Waals surface area contributed by atoms with Crippen molar-refractivity contribution < 1.29 is 14.6 Å². The Kier molecular flexibility index (Phi) is 2.06. The van der Waals surface area contributed by atoms with Crippen molar-refractivity contribution in [2.75, 3.05) is 0 Å². The molecule has 2 aliphatic carbocycles. The van der Waals surface area contributed by atoms with E-state index in [1.807, 2.05) is 0 Å². The molecule has 2 heterocycles. The monoisotopic (exact) mass is 236 g/mol. The van der Waals surface area contributed by atoms with Crippen LogP contribution in [0.15, 0.2) is 0 Å². The van der Waals surface area contributed by atoms with Crippen LogP contribution in [-0.2, 0) is 9.53 Å². The minimum Gasteiger partial charge on any atom is -0.392 e. The first-order chi connectivity index (χ1) is 8.20. The smallest absolute Gasteiger partial charge is 0.141 e. The molecule has 1 N–H and O–H groups in total. The number of carbonyl (C=O) groups is 1. The van der Waals surface area contributed by atoms with Gasteiger partial charge in [-0.1, -0.05) is 6.42 Å². The molecule has 0 amide bonds. The van der Waals surface area contributed by atoms with E-state index in [4.69, 9.17) is 4.74 Å². The fourth-order valence-electron chi connectivity index (χ4n) is 5.08. The third kappa shape index (κ3) is 1.27. The lowest BCUT2D eigenvalue weighted by Crippen LogP contribution is -2.33. The van der Waals surface area contributed by atoms with Crippen LogP contribution < -0.4 is 0 Å². The van der Waals surface area contributed by atoms with Gasteiger partial charge in [-0.05, 0) is 43.9 Å². The quantitative estimate of drug-likeness (QED) is 0.696. The third-order valence-corrected chi connectivity index (χ3v) is 5.83. The van der Waals surface area contributed by atoms with Gasteiger partial charge in [-0.3, -0.25) is 4.79 Å². The Morgan fingerprint density at radius 3 is 3.06 bits per heavy atom. The summed E-state index contributed by atoms with van der Waals surface area (Å²) in [6.45, 7) is 0. The number of carbonyl (C=O) groups excluding carboxylic acids is 1. The number of ether oxygens (including phenoxy) is 1. The van der Waals surface area contributed by atoms with Crippen molar-refractivity contribution in [2.24, 2.45) is 17.8 Å². The Hall–Kier alpha value is -0.410. The second-order valence-corrected chi connectivity index (χ2v) is 6.51. The van der Waals surface area contributed by atoms with E-state index in [2.05, 4.69) is 0 Å². The summed E-state index contributed by atoms with van der Waals surface area (Å²) in [4.78, 5) is 12.0. The SMILES string of the molecule is O=C1C[C@H](O)C2C[C@@H]3CCC[C@]34CC[C@@H](O4)C12. The number of fused-ring (bicyclic) bond motifs is 3. The van der Waals surface area contributed by atoms with Gasteiger partial charge >= 0.3 is 0 Å². The number of hydrogen-bond acceptors (Lipinski definition) is 3. The Labute approximate surface area is 102 Å². The average molecular weight is 236 g/mol. The molecule has 4 fully saturated rings. The molecule has 2 saturated carbocycles. The summed E-state index contributed by atoms with van der Waals surface area (Å²) < 4.78 is 6.33. The van der Waals surface area contributed by atoms with Crippen LogP contribution in [0.5, 0.6) is 0 Å². The van der Waals surface area contributed by atoms with Crippen molar-refractivity contribution in [3.8, 4) is 0 Å². The maximum Gasteiger partial charge on any atom is 0.141 e. The van der Waals surface area contributed by atoms with Crippen LogP contribution in [0, 0.1) is 17.8 Å². The molecule has 3 nitrogen and oxygen atoms in total. The van der Waals surface area contributed by atoms with Gasteiger partial charge in [0.2, 0.25) is 0 Å². The number of ketones is 1. The van der Waals surface area contributed by atoms with E-state index < -0.39 is 6.10 Å². The van der Waals surface area contributed by atoms with E-state index in [0.717, 1.165) is 19.3 Å². The van der Waals surface area contributed by atoms with Crippen molar-refractivity contribution in [1.82, 2.24) is 0 Å². The Balaban J connectivity index is 1.73. The van der Waals surface area contributed by atoms with E-state index >= 15 is 0 Å². The molecule has 0 aromatic heterocycles. The molecular weight excluding hydrogens is 216 g/mol. The van der Waals surface area contributed by atoms with Gasteiger partial charge in [-0.25, -0.2) is 0 Å². The van der Waals surface area contributed by atoms with Gasteiger partial charge in [0, 0.05) is 12.3 Å². The molecule has 2 aliphatic heterocycles. The van der Waals surface area contributed by atoms with Crippen LogP contribution in [0.4, 0.5) is 0 Å². The maximum absolute atomic E-state index is 12.0. The highest BCUT2D eigenvalue weighted by atomic mass is 16.5. The van der Waals surface area contributed by atoms with E-state index in [9.17, 15) is 9.90 Å². The second-order valence-electron chi connectivity index (χ2n) is 6.51. The van der Waals surface area contributed by atoms with Gasteiger partial charge in [0.1, 0.15) is 5.78 Å². The predicted molar refractivity (Wildman–Crippen MR) is 61.4 cm³/mol. The number of aliphatic hydroxyl groups excluding tert-OH is 1. The molecule has 94 valence electrons. The summed E-state index contributed by atoms with van der Waals surface area (Å²) in [5.74, 6) is 1.06. The van der Waals surface area contributed by atoms with Gasteiger partial charge in [0.05, 0.1) is 17.8 Å². The van der Waals surface area contributed by atoms with Crippen LogP contribution >= 0.6 is 0 Å². The van der Waals surface area contributed by atoms with Crippen LogP contribution in [0.3, 0.4) is 0 Å². The van der Waals surface area contributed by atoms with Gasteiger partial charge in [-0.2, -0.15) is 0 Å². The molecule has 4 aliphatic rings. The Bertz CT molecular complexity index is 366. The molecule has 6 atom stereocenters. The molecule has 17 heavy (non-hydrogen) atoms. The van der Waals surface area contributed by atoms with Crippen LogP contribution in [0.1, 0.15) is 44.9 Å². The molecule has 2 unspecified atom stereocenters. The summed E-state index contributed by atoms with van der Waals surface area (Å²) in [5, 5.41) is 10.1. The molecule has 0 radical (unpaired) electrons. The van der Waals surface area contributed by atoms with E-state index in [0.29, 0.717) is 12.3 Å². The third-order valence-electron chi connectivity index (χ3n) is 5.83.